The van der Waals surface area contributed by atoms with Gasteiger partial charge in [0.25, 0.3) is 0 Å². The molecule has 0 aromatic heterocycles. The normalized spacial score (nSPS) is 20.5. The second kappa shape index (κ2) is 44.4. The molecule has 1 rings (SSSR count). The van der Waals surface area contributed by atoms with Crippen molar-refractivity contribution in [3.05, 3.63) is 134 Å². The highest BCUT2D eigenvalue weighted by atomic mass is 32.3. The lowest BCUT2D eigenvalue weighted by molar-refractivity contribution is -0.301. The molecular weight excluding hydrogens is 885 g/mol. The Morgan fingerprint density at radius 3 is 1.40 bits per heavy atom. The molecule has 6 atom stereocenters. The maximum Gasteiger partial charge on any atom is 0.397 e. The Hall–Kier alpha value is -3.76. The van der Waals surface area contributed by atoms with Gasteiger partial charge in [-0.15, -0.1) is 0 Å². The van der Waals surface area contributed by atoms with E-state index in [0.29, 0.717) is 13.0 Å². The average molecular weight is 971 g/mol. The Morgan fingerprint density at radius 2 is 0.971 bits per heavy atom. The van der Waals surface area contributed by atoms with Crippen LogP contribution in [-0.4, -0.2) is 97.5 Å². The second-order valence-corrected chi connectivity index (χ2v) is 17.3. The second-order valence-electron chi connectivity index (χ2n) is 16.3. The predicted octanol–water partition coefficient (Wildman–Crippen LogP) is 11.5. The topological polar surface area (TPSA) is 178 Å². The molecule has 0 aliphatic carbocycles. The number of rotatable bonds is 41. The molecule has 384 valence electrons. The number of carbonyl (C=O) groups is 1. The van der Waals surface area contributed by atoms with Gasteiger partial charge in [-0.3, -0.25) is 9.35 Å². The van der Waals surface area contributed by atoms with E-state index in [4.69, 9.17) is 18.9 Å². The lowest BCUT2D eigenvalue weighted by Crippen LogP contribution is -2.60. The first-order chi connectivity index (χ1) is 33.1. The summed E-state index contributed by atoms with van der Waals surface area (Å²) < 4.78 is 59.1. The number of unbranched alkanes of at least 4 members (excludes halogenated alkanes) is 6. The maximum atomic E-state index is 12.9. The van der Waals surface area contributed by atoms with Crippen molar-refractivity contribution in [2.75, 3.05) is 26.4 Å². The standard InChI is InChI=1S/C55H86O12S/c1-3-5-7-9-11-13-15-17-19-21-23-24-25-26-27-28-30-32-34-36-38-40-42-44-51(57)65-49(48-64-55-53(59)54(67-68(60,61)62)52(58)50(46-56)66-55)47-63-45-43-41-39-37-35-33-31-29-22-20-18-16-14-12-10-8-6-4-2/h5-8,11-14,17-20,23-24,26-27,29-32,35,37,49-50,52-56,58-59H,3-4,9-10,15-16,21-22,25,28,33-34,36,38-48H2,1-2H3,(H,60,61,62)/b7-5-,8-6-,13-11-,14-12-,19-17-,20-18-,24-23-,27-26-,31-29-,32-30-,37-35-. The molecule has 1 aliphatic rings. The van der Waals surface area contributed by atoms with E-state index in [2.05, 4.69) is 152 Å². The van der Waals surface area contributed by atoms with Crippen LogP contribution in [0.15, 0.2) is 134 Å². The number of hydrogen-bond donors (Lipinski definition) is 4. The Labute approximate surface area is 410 Å². The maximum absolute atomic E-state index is 12.9. The number of hydrogen-bond acceptors (Lipinski definition) is 11. The van der Waals surface area contributed by atoms with Crippen LogP contribution in [0.5, 0.6) is 0 Å². The van der Waals surface area contributed by atoms with Crippen LogP contribution < -0.4 is 0 Å². The van der Waals surface area contributed by atoms with Gasteiger partial charge in [0.2, 0.25) is 0 Å². The van der Waals surface area contributed by atoms with Crippen molar-refractivity contribution in [3.63, 3.8) is 0 Å². The zero-order valence-electron chi connectivity index (χ0n) is 41.1. The largest absolute Gasteiger partial charge is 0.457 e. The number of aliphatic hydroxyl groups is 3. The molecule has 0 spiro atoms. The van der Waals surface area contributed by atoms with E-state index in [9.17, 15) is 33.1 Å². The molecule has 0 saturated carbocycles. The van der Waals surface area contributed by atoms with E-state index in [1.807, 2.05) is 0 Å². The SMILES string of the molecule is CC/C=C\C/C=C\C/C=C\C/C=C\C/C=C\C/C=C\CCCCCCC(=O)OC(COCCCC/C=C\C/C=C\C/C=C\C/C=C\C/C=C\CC)COC1OC(CO)C(O)C(OS(=O)(=O)O)C1O. The van der Waals surface area contributed by atoms with Gasteiger partial charge < -0.3 is 34.3 Å². The van der Waals surface area contributed by atoms with Crippen LogP contribution in [0.3, 0.4) is 0 Å². The summed E-state index contributed by atoms with van der Waals surface area (Å²) in [6.45, 7) is 3.59. The number of allylic oxidation sites excluding steroid dienone is 22. The number of esters is 1. The molecule has 12 nitrogen and oxygen atoms in total. The minimum atomic E-state index is -5.08. The van der Waals surface area contributed by atoms with Gasteiger partial charge in [0.05, 0.1) is 19.8 Å². The summed E-state index contributed by atoms with van der Waals surface area (Å²) in [5.41, 5.74) is 0. The van der Waals surface area contributed by atoms with E-state index in [0.717, 1.165) is 116 Å². The Kier molecular flexibility index (Phi) is 40.7. The van der Waals surface area contributed by atoms with Crippen molar-refractivity contribution in [2.24, 2.45) is 0 Å². The van der Waals surface area contributed by atoms with Crippen molar-refractivity contribution < 1.29 is 56.2 Å². The molecule has 4 N–H and O–H groups in total. The number of aliphatic hydroxyl groups excluding tert-OH is 3. The number of ether oxygens (including phenoxy) is 4. The van der Waals surface area contributed by atoms with Gasteiger partial charge >= 0.3 is 16.4 Å². The molecular formula is C55H86O12S. The predicted molar refractivity (Wildman–Crippen MR) is 275 cm³/mol. The summed E-state index contributed by atoms with van der Waals surface area (Å²) in [7, 11) is -5.08. The summed E-state index contributed by atoms with van der Waals surface area (Å²) in [6.07, 6.45) is 56.3. The fourth-order valence-electron chi connectivity index (χ4n) is 6.58. The van der Waals surface area contributed by atoms with Gasteiger partial charge in [-0.1, -0.05) is 160 Å². The van der Waals surface area contributed by atoms with Crippen molar-refractivity contribution in [2.45, 2.75) is 179 Å². The molecule has 6 unspecified atom stereocenters. The first-order valence-electron chi connectivity index (χ1n) is 24.9. The fourth-order valence-corrected chi connectivity index (χ4v) is 7.09. The first-order valence-corrected chi connectivity index (χ1v) is 26.3. The third-order valence-corrected chi connectivity index (χ3v) is 10.7. The number of carbonyl (C=O) groups excluding carboxylic acids is 1. The van der Waals surface area contributed by atoms with Gasteiger partial charge in [-0.25, -0.2) is 4.18 Å². The van der Waals surface area contributed by atoms with Gasteiger partial charge in [-0.2, -0.15) is 8.42 Å². The zero-order valence-corrected chi connectivity index (χ0v) is 41.9. The van der Waals surface area contributed by atoms with Crippen LogP contribution in [-0.2, 0) is 38.3 Å². The lowest BCUT2D eigenvalue weighted by atomic mass is 9.99. The summed E-state index contributed by atoms with van der Waals surface area (Å²) in [4.78, 5) is 12.9. The van der Waals surface area contributed by atoms with Crippen LogP contribution in [0.2, 0.25) is 0 Å². The Morgan fingerprint density at radius 1 is 0.559 bits per heavy atom. The molecule has 1 heterocycles. The van der Waals surface area contributed by atoms with E-state index < -0.39 is 59.8 Å². The molecule has 13 heteroatoms. The third kappa shape index (κ3) is 37.2. The minimum absolute atomic E-state index is 0.0147. The van der Waals surface area contributed by atoms with Gasteiger partial charge in [0.1, 0.15) is 30.5 Å². The summed E-state index contributed by atoms with van der Waals surface area (Å²) >= 11 is 0. The zero-order chi connectivity index (χ0) is 49.6. The molecule has 0 bridgehead atoms. The molecule has 0 aromatic rings. The molecule has 1 fully saturated rings. The monoisotopic (exact) mass is 971 g/mol. The lowest BCUT2D eigenvalue weighted by Gasteiger charge is -2.41. The minimum Gasteiger partial charge on any atom is -0.457 e. The third-order valence-electron chi connectivity index (χ3n) is 10.3. The summed E-state index contributed by atoms with van der Waals surface area (Å²) in [5, 5.41) is 30.7. The van der Waals surface area contributed by atoms with Crippen LogP contribution >= 0.6 is 0 Å². The first kappa shape index (κ1) is 62.3. The molecule has 1 saturated heterocycles. The molecule has 68 heavy (non-hydrogen) atoms. The summed E-state index contributed by atoms with van der Waals surface area (Å²) in [6, 6.07) is 0. The van der Waals surface area contributed by atoms with E-state index >= 15 is 0 Å². The Bertz CT molecular complexity index is 1690. The highest BCUT2D eigenvalue weighted by molar-refractivity contribution is 7.80. The molecule has 0 radical (unpaired) electrons. The van der Waals surface area contributed by atoms with Crippen LogP contribution in [0.1, 0.15) is 142 Å². The van der Waals surface area contributed by atoms with E-state index in [-0.39, 0.29) is 19.6 Å². The van der Waals surface area contributed by atoms with E-state index in [1.165, 1.54) is 0 Å². The van der Waals surface area contributed by atoms with Crippen LogP contribution in [0.4, 0.5) is 0 Å². The summed E-state index contributed by atoms with van der Waals surface area (Å²) in [5.74, 6) is -0.445. The van der Waals surface area contributed by atoms with Crippen molar-refractivity contribution >= 4 is 16.4 Å². The highest BCUT2D eigenvalue weighted by Gasteiger charge is 2.48. The van der Waals surface area contributed by atoms with Crippen molar-refractivity contribution in [3.8, 4) is 0 Å². The van der Waals surface area contributed by atoms with Gasteiger partial charge in [0.15, 0.2) is 6.29 Å². The van der Waals surface area contributed by atoms with Crippen molar-refractivity contribution in [1.82, 2.24) is 0 Å². The molecule has 0 aromatic carbocycles. The molecule has 0 amide bonds. The smallest absolute Gasteiger partial charge is 0.397 e. The van der Waals surface area contributed by atoms with Crippen LogP contribution in [0, 0.1) is 0 Å². The average Bonchev–Trinajstić information content (AvgIpc) is 3.31. The highest BCUT2D eigenvalue weighted by Crippen LogP contribution is 2.26. The fraction of sp³-hybridized carbons (Fsp3) is 0.582. The van der Waals surface area contributed by atoms with E-state index in [1.54, 1.807) is 0 Å². The van der Waals surface area contributed by atoms with Gasteiger partial charge in [0, 0.05) is 13.0 Å². The van der Waals surface area contributed by atoms with Gasteiger partial charge in [-0.05, 0) is 109 Å². The van der Waals surface area contributed by atoms with Crippen LogP contribution in [0.25, 0.3) is 0 Å². The Balaban J connectivity index is 2.45. The molecule has 1 aliphatic heterocycles. The quantitative estimate of drug-likeness (QED) is 0.0198. The van der Waals surface area contributed by atoms with Crippen molar-refractivity contribution in [1.29, 1.82) is 0 Å².